The van der Waals surface area contributed by atoms with Crippen molar-refractivity contribution in [3.8, 4) is 0 Å². The van der Waals surface area contributed by atoms with Crippen LogP contribution in [0.2, 0.25) is 0 Å². The molecule has 8 heteroatoms. The van der Waals surface area contributed by atoms with E-state index in [0.717, 1.165) is 29.7 Å². The van der Waals surface area contributed by atoms with E-state index in [-0.39, 0.29) is 30.7 Å². The van der Waals surface area contributed by atoms with E-state index in [0.29, 0.717) is 22.2 Å². The van der Waals surface area contributed by atoms with Crippen LogP contribution in [-0.2, 0) is 29.0 Å². The SMILES string of the molecule is CC(C)(C)[C@@H]1CCc2c(sc(NC(=O)CCC(=O)O)c2C(=O)NCc2ccco2)C1. The van der Waals surface area contributed by atoms with Crippen LogP contribution in [0.15, 0.2) is 22.8 Å². The zero-order valence-corrected chi connectivity index (χ0v) is 18.4. The van der Waals surface area contributed by atoms with Crippen molar-refractivity contribution in [2.45, 2.75) is 59.4 Å². The fourth-order valence-corrected chi connectivity index (χ4v) is 5.07. The molecule has 2 aromatic rings. The number of thiophene rings is 1. The van der Waals surface area contributed by atoms with Gasteiger partial charge in [0, 0.05) is 11.3 Å². The molecule has 2 aromatic heterocycles. The summed E-state index contributed by atoms with van der Waals surface area (Å²) in [7, 11) is 0. The zero-order chi connectivity index (χ0) is 21.9. The first-order chi connectivity index (χ1) is 14.1. The molecule has 0 unspecified atom stereocenters. The quantitative estimate of drug-likeness (QED) is 0.607. The number of amides is 2. The molecule has 0 spiro atoms. The van der Waals surface area contributed by atoms with E-state index in [9.17, 15) is 14.4 Å². The number of furan rings is 1. The van der Waals surface area contributed by atoms with E-state index >= 15 is 0 Å². The van der Waals surface area contributed by atoms with Crippen molar-refractivity contribution >= 4 is 34.1 Å². The lowest BCUT2D eigenvalue weighted by molar-refractivity contribution is -0.138. The van der Waals surface area contributed by atoms with Gasteiger partial charge in [0.1, 0.15) is 10.8 Å². The predicted octanol–water partition coefficient (Wildman–Crippen LogP) is 4.23. The van der Waals surface area contributed by atoms with E-state index in [4.69, 9.17) is 9.52 Å². The highest BCUT2D eigenvalue weighted by Crippen LogP contribution is 2.44. The number of nitrogens with one attached hydrogen (secondary N) is 2. The lowest BCUT2D eigenvalue weighted by Gasteiger charge is -2.33. The van der Waals surface area contributed by atoms with Crippen molar-refractivity contribution in [1.82, 2.24) is 5.32 Å². The minimum absolute atomic E-state index is 0.129. The topological polar surface area (TPSA) is 109 Å². The Labute approximate surface area is 179 Å². The third-order valence-electron chi connectivity index (χ3n) is 5.54. The summed E-state index contributed by atoms with van der Waals surface area (Å²) in [6, 6.07) is 3.54. The summed E-state index contributed by atoms with van der Waals surface area (Å²) in [5.74, 6) is -0.541. The second-order valence-electron chi connectivity index (χ2n) is 8.72. The first kappa shape index (κ1) is 22.1. The monoisotopic (exact) mass is 432 g/mol. The lowest BCUT2D eigenvalue weighted by Crippen LogP contribution is -2.28. The Morgan fingerprint density at radius 1 is 1.27 bits per heavy atom. The first-order valence-corrected chi connectivity index (χ1v) is 10.9. The molecule has 1 aliphatic rings. The van der Waals surface area contributed by atoms with Gasteiger partial charge >= 0.3 is 5.97 Å². The summed E-state index contributed by atoms with van der Waals surface area (Å²) in [6.45, 7) is 6.93. The normalized spacial score (nSPS) is 16.0. The molecule has 3 N–H and O–H groups in total. The molecule has 1 aliphatic carbocycles. The Morgan fingerprint density at radius 2 is 2.03 bits per heavy atom. The molecule has 0 fully saturated rings. The van der Waals surface area contributed by atoms with E-state index in [1.165, 1.54) is 11.3 Å². The molecule has 0 aromatic carbocycles. The van der Waals surface area contributed by atoms with E-state index < -0.39 is 11.9 Å². The number of anilines is 1. The molecule has 0 bridgehead atoms. The molecule has 30 heavy (non-hydrogen) atoms. The summed E-state index contributed by atoms with van der Waals surface area (Å²) in [4.78, 5) is 37.2. The van der Waals surface area contributed by atoms with Crippen molar-refractivity contribution in [3.05, 3.63) is 40.2 Å². The molecular weight excluding hydrogens is 404 g/mol. The Bertz CT molecular complexity index is 924. The number of hydrogen-bond donors (Lipinski definition) is 3. The largest absolute Gasteiger partial charge is 0.481 e. The van der Waals surface area contributed by atoms with Crippen LogP contribution < -0.4 is 10.6 Å². The van der Waals surface area contributed by atoms with Crippen LogP contribution in [0.4, 0.5) is 5.00 Å². The van der Waals surface area contributed by atoms with Crippen LogP contribution in [0, 0.1) is 11.3 Å². The molecule has 2 heterocycles. The number of fused-ring (bicyclic) bond motifs is 1. The van der Waals surface area contributed by atoms with Crippen molar-refractivity contribution in [2.75, 3.05) is 5.32 Å². The van der Waals surface area contributed by atoms with Crippen LogP contribution >= 0.6 is 11.3 Å². The number of rotatable bonds is 7. The van der Waals surface area contributed by atoms with Crippen molar-refractivity contribution < 1.29 is 23.9 Å². The maximum atomic E-state index is 13.0. The number of carbonyl (C=O) groups is 3. The number of carbonyl (C=O) groups excluding carboxylic acids is 2. The second kappa shape index (κ2) is 9.04. The van der Waals surface area contributed by atoms with Gasteiger partial charge in [0.15, 0.2) is 0 Å². The molecule has 0 radical (unpaired) electrons. The van der Waals surface area contributed by atoms with Crippen molar-refractivity contribution in [3.63, 3.8) is 0 Å². The molecule has 3 rings (SSSR count). The van der Waals surface area contributed by atoms with E-state index in [2.05, 4.69) is 31.4 Å². The summed E-state index contributed by atoms with van der Waals surface area (Å²) in [5.41, 5.74) is 1.65. The molecule has 0 saturated carbocycles. The van der Waals surface area contributed by atoms with Gasteiger partial charge in [-0.2, -0.15) is 0 Å². The minimum atomic E-state index is -1.03. The van der Waals surface area contributed by atoms with Gasteiger partial charge < -0.3 is 20.2 Å². The van der Waals surface area contributed by atoms with E-state index in [1.807, 2.05) is 0 Å². The maximum Gasteiger partial charge on any atom is 0.303 e. The van der Waals surface area contributed by atoms with Crippen molar-refractivity contribution in [1.29, 1.82) is 0 Å². The molecule has 162 valence electrons. The predicted molar refractivity (Wildman–Crippen MR) is 115 cm³/mol. The molecular formula is C22H28N2O5S. The summed E-state index contributed by atoms with van der Waals surface area (Å²) in [6.07, 6.45) is 3.81. The maximum absolute atomic E-state index is 13.0. The van der Waals surface area contributed by atoms with E-state index in [1.54, 1.807) is 18.4 Å². The fraction of sp³-hybridized carbons (Fsp3) is 0.500. The average molecular weight is 433 g/mol. The van der Waals surface area contributed by atoms with Crippen LogP contribution in [-0.4, -0.2) is 22.9 Å². The Morgan fingerprint density at radius 3 is 2.67 bits per heavy atom. The van der Waals surface area contributed by atoms with Gasteiger partial charge in [-0.25, -0.2) is 0 Å². The van der Waals surface area contributed by atoms with Crippen LogP contribution in [0.3, 0.4) is 0 Å². The third-order valence-corrected chi connectivity index (χ3v) is 6.71. The van der Waals surface area contributed by atoms with Gasteiger partial charge in [-0.1, -0.05) is 20.8 Å². The van der Waals surface area contributed by atoms with Gasteiger partial charge in [-0.3, -0.25) is 14.4 Å². The van der Waals surface area contributed by atoms with Gasteiger partial charge in [-0.05, 0) is 48.3 Å². The summed E-state index contributed by atoms with van der Waals surface area (Å²) < 4.78 is 5.28. The van der Waals surface area contributed by atoms with Crippen LogP contribution in [0.5, 0.6) is 0 Å². The Kier molecular flexibility index (Phi) is 6.65. The van der Waals surface area contributed by atoms with Gasteiger partial charge in [0.05, 0.1) is 24.8 Å². The summed E-state index contributed by atoms with van der Waals surface area (Å²) >= 11 is 1.43. The Hall–Kier alpha value is -2.61. The highest BCUT2D eigenvalue weighted by molar-refractivity contribution is 7.17. The van der Waals surface area contributed by atoms with Crippen LogP contribution in [0.25, 0.3) is 0 Å². The number of aliphatic carboxylic acids is 1. The van der Waals surface area contributed by atoms with Crippen molar-refractivity contribution in [2.24, 2.45) is 11.3 Å². The fourth-order valence-electron chi connectivity index (χ4n) is 3.73. The highest BCUT2D eigenvalue weighted by Gasteiger charge is 2.34. The van der Waals surface area contributed by atoms with Crippen LogP contribution in [0.1, 0.15) is 66.6 Å². The molecule has 1 atom stereocenters. The van der Waals surface area contributed by atoms with Gasteiger partial charge in [-0.15, -0.1) is 11.3 Å². The third kappa shape index (κ3) is 5.30. The molecule has 2 amide bonds. The number of carboxylic acids is 1. The highest BCUT2D eigenvalue weighted by atomic mass is 32.1. The van der Waals surface area contributed by atoms with Gasteiger partial charge in [0.25, 0.3) is 5.91 Å². The second-order valence-corrected chi connectivity index (χ2v) is 9.82. The lowest BCUT2D eigenvalue weighted by atomic mass is 9.72. The standard InChI is InChI=1S/C22H28N2O5S/c1-22(2,3)13-6-7-15-16(11-13)30-21(24-17(25)8-9-18(26)27)19(15)20(28)23-12-14-5-4-10-29-14/h4-5,10,13H,6-9,11-12H2,1-3H3,(H,23,28)(H,24,25)(H,26,27)/t13-/m1/s1. The molecule has 0 aliphatic heterocycles. The minimum Gasteiger partial charge on any atom is -0.481 e. The molecule has 0 saturated heterocycles. The smallest absolute Gasteiger partial charge is 0.303 e. The number of hydrogen-bond acceptors (Lipinski definition) is 5. The molecule has 7 nitrogen and oxygen atoms in total. The zero-order valence-electron chi connectivity index (χ0n) is 17.5. The summed E-state index contributed by atoms with van der Waals surface area (Å²) in [5, 5.41) is 15.0. The number of carboxylic acid groups (broad SMARTS) is 1. The average Bonchev–Trinajstić information content (AvgIpc) is 3.30. The van der Waals surface area contributed by atoms with Gasteiger partial charge in [0.2, 0.25) is 5.91 Å². The Balaban J connectivity index is 1.84. The first-order valence-electron chi connectivity index (χ1n) is 10.1.